The zero-order valence-corrected chi connectivity index (χ0v) is 9.94. The van der Waals surface area contributed by atoms with Crippen molar-refractivity contribution in [2.75, 3.05) is 12.3 Å². The number of ether oxygens (including phenoxy) is 1. The SMILES string of the molecule is CCCCCCOc1nc(N)nc2[nH]ncc12. The van der Waals surface area contributed by atoms with Gasteiger partial charge >= 0.3 is 0 Å². The Balaban J connectivity index is 2.00. The predicted octanol–water partition coefficient (Wildman–Crippen LogP) is 1.89. The Morgan fingerprint density at radius 3 is 3.00 bits per heavy atom. The van der Waals surface area contributed by atoms with Crippen LogP contribution >= 0.6 is 0 Å². The van der Waals surface area contributed by atoms with Crippen molar-refractivity contribution in [3.63, 3.8) is 0 Å². The van der Waals surface area contributed by atoms with E-state index in [0.717, 1.165) is 11.8 Å². The van der Waals surface area contributed by atoms with Crippen LogP contribution in [0.2, 0.25) is 0 Å². The molecule has 0 aromatic carbocycles. The van der Waals surface area contributed by atoms with E-state index in [2.05, 4.69) is 27.1 Å². The number of rotatable bonds is 6. The van der Waals surface area contributed by atoms with Gasteiger partial charge in [0.05, 0.1) is 12.8 Å². The van der Waals surface area contributed by atoms with Crippen LogP contribution in [-0.2, 0) is 0 Å². The Hall–Kier alpha value is -1.85. The molecule has 0 aliphatic rings. The highest BCUT2D eigenvalue weighted by atomic mass is 16.5. The van der Waals surface area contributed by atoms with Crippen LogP contribution in [-0.4, -0.2) is 26.8 Å². The molecule has 2 aromatic rings. The van der Waals surface area contributed by atoms with Crippen LogP contribution < -0.4 is 10.5 Å². The number of aromatic nitrogens is 4. The topological polar surface area (TPSA) is 89.7 Å². The van der Waals surface area contributed by atoms with E-state index in [-0.39, 0.29) is 5.95 Å². The third-order valence-corrected chi connectivity index (χ3v) is 2.53. The molecule has 0 bridgehead atoms. The number of nitrogen functional groups attached to an aromatic ring is 1. The molecule has 6 heteroatoms. The lowest BCUT2D eigenvalue weighted by molar-refractivity contribution is 0.298. The number of nitrogens with two attached hydrogens (primary N) is 1. The van der Waals surface area contributed by atoms with Crippen LogP contribution in [0.25, 0.3) is 11.0 Å². The van der Waals surface area contributed by atoms with Gasteiger partial charge in [-0.3, -0.25) is 5.10 Å². The van der Waals surface area contributed by atoms with Crippen molar-refractivity contribution in [2.45, 2.75) is 32.6 Å². The summed E-state index contributed by atoms with van der Waals surface area (Å²) >= 11 is 0. The first kappa shape index (κ1) is 11.6. The minimum Gasteiger partial charge on any atom is -0.477 e. The molecule has 0 aliphatic carbocycles. The second-order valence-electron chi connectivity index (χ2n) is 3.93. The summed E-state index contributed by atoms with van der Waals surface area (Å²) < 4.78 is 5.61. The fraction of sp³-hybridized carbons (Fsp3) is 0.545. The zero-order chi connectivity index (χ0) is 12.1. The second kappa shape index (κ2) is 5.47. The van der Waals surface area contributed by atoms with E-state index in [1.54, 1.807) is 6.20 Å². The van der Waals surface area contributed by atoms with Gasteiger partial charge in [0.1, 0.15) is 5.39 Å². The molecule has 2 heterocycles. The summed E-state index contributed by atoms with van der Waals surface area (Å²) in [5.74, 6) is 0.711. The maximum absolute atomic E-state index is 5.61. The Morgan fingerprint density at radius 1 is 1.29 bits per heavy atom. The number of H-pyrrole nitrogens is 1. The van der Waals surface area contributed by atoms with Crippen molar-refractivity contribution in [2.24, 2.45) is 0 Å². The zero-order valence-electron chi connectivity index (χ0n) is 9.94. The Bertz CT molecular complexity index is 482. The van der Waals surface area contributed by atoms with Crippen molar-refractivity contribution in [3.8, 4) is 5.88 Å². The lowest BCUT2D eigenvalue weighted by atomic mass is 10.2. The smallest absolute Gasteiger partial charge is 0.229 e. The predicted molar refractivity (Wildman–Crippen MR) is 65.7 cm³/mol. The van der Waals surface area contributed by atoms with Crippen molar-refractivity contribution in [1.29, 1.82) is 0 Å². The highest BCUT2D eigenvalue weighted by Crippen LogP contribution is 2.21. The molecular weight excluding hydrogens is 218 g/mol. The maximum Gasteiger partial charge on any atom is 0.229 e. The van der Waals surface area contributed by atoms with Gasteiger partial charge in [-0.1, -0.05) is 26.2 Å². The number of unbranched alkanes of at least 4 members (excludes halogenated alkanes) is 3. The highest BCUT2D eigenvalue weighted by molar-refractivity contribution is 5.80. The summed E-state index contributed by atoms with van der Waals surface area (Å²) in [5, 5.41) is 7.42. The van der Waals surface area contributed by atoms with E-state index in [0.29, 0.717) is 18.1 Å². The molecule has 0 amide bonds. The van der Waals surface area contributed by atoms with Crippen molar-refractivity contribution in [1.82, 2.24) is 20.2 Å². The second-order valence-corrected chi connectivity index (χ2v) is 3.93. The van der Waals surface area contributed by atoms with Gasteiger partial charge in [0.15, 0.2) is 5.65 Å². The molecule has 0 radical (unpaired) electrons. The lowest BCUT2D eigenvalue weighted by Crippen LogP contribution is -2.03. The molecule has 0 unspecified atom stereocenters. The standard InChI is InChI=1S/C11H17N5O/c1-2-3-4-5-6-17-10-8-7-13-16-9(8)14-11(12)15-10/h7H,2-6H2,1H3,(H3,12,13,14,15,16). The minimum atomic E-state index is 0.199. The molecule has 2 aromatic heterocycles. The maximum atomic E-state index is 5.61. The van der Waals surface area contributed by atoms with Crippen LogP contribution in [0, 0.1) is 0 Å². The summed E-state index contributed by atoms with van der Waals surface area (Å²) in [6.45, 7) is 2.83. The number of aromatic amines is 1. The Kier molecular flexibility index (Phi) is 3.74. The van der Waals surface area contributed by atoms with Crippen molar-refractivity contribution >= 4 is 17.0 Å². The number of nitrogens with one attached hydrogen (secondary N) is 1. The van der Waals surface area contributed by atoms with Gasteiger partial charge < -0.3 is 10.5 Å². The van der Waals surface area contributed by atoms with Crippen LogP contribution in [0.3, 0.4) is 0 Å². The average Bonchev–Trinajstić information content (AvgIpc) is 2.76. The monoisotopic (exact) mass is 235 g/mol. The van der Waals surface area contributed by atoms with E-state index in [4.69, 9.17) is 10.5 Å². The Morgan fingerprint density at radius 2 is 2.18 bits per heavy atom. The molecule has 0 aliphatic heterocycles. The van der Waals surface area contributed by atoms with Gasteiger partial charge in [-0.25, -0.2) is 0 Å². The van der Waals surface area contributed by atoms with E-state index in [1.807, 2.05) is 0 Å². The molecule has 0 saturated heterocycles. The summed E-state index contributed by atoms with van der Waals surface area (Å²) in [7, 11) is 0. The normalized spacial score (nSPS) is 10.9. The third-order valence-electron chi connectivity index (χ3n) is 2.53. The molecule has 0 fully saturated rings. The number of fused-ring (bicyclic) bond motifs is 1. The quantitative estimate of drug-likeness (QED) is 0.746. The van der Waals surface area contributed by atoms with E-state index >= 15 is 0 Å². The van der Waals surface area contributed by atoms with E-state index in [9.17, 15) is 0 Å². The minimum absolute atomic E-state index is 0.199. The molecule has 3 N–H and O–H groups in total. The fourth-order valence-electron chi connectivity index (χ4n) is 1.63. The van der Waals surface area contributed by atoms with Crippen LogP contribution in [0.4, 0.5) is 5.95 Å². The summed E-state index contributed by atoms with van der Waals surface area (Å²) in [4.78, 5) is 8.10. The highest BCUT2D eigenvalue weighted by Gasteiger charge is 2.08. The molecule has 92 valence electrons. The lowest BCUT2D eigenvalue weighted by Gasteiger charge is -2.06. The Labute approximate surface area is 99.6 Å². The molecule has 0 spiro atoms. The van der Waals surface area contributed by atoms with Gasteiger partial charge in [-0.2, -0.15) is 15.1 Å². The van der Waals surface area contributed by atoms with Gasteiger partial charge in [0.2, 0.25) is 11.8 Å². The number of nitrogens with zero attached hydrogens (tertiary/aromatic N) is 3. The van der Waals surface area contributed by atoms with Crippen molar-refractivity contribution in [3.05, 3.63) is 6.20 Å². The number of hydrogen-bond donors (Lipinski definition) is 2. The fourth-order valence-corrected chi connectivity index (χ4v) is 1.63. The molecular formula is C11H17N5O. The van der Waals surface area contributed by atoms with Gasteiger partial charge in [-0.05, 0) is 6.42 Å². The van der Waals surface area contributed by atoms with Crippen LogP contribution in [0.15, 0.2) is 6.20 Å². The van der Waals surface area contributed by atoms with E-state index < -0.39 is 0 Å². The average molecular weight is 235 g/mol. The molecule has 6 nitrogen and oxygen atoms in total. The first-order chi connectivity index (χ1) is 8.31. The molecule has 2 rings (SSSR count). The summed E-state index contributed by atoms with van der Waals surface area (Å²) in [6.07, 6.45) is 6.29. The van der Waals surface area contributed by atoms with Gasteiger partial charge in [0, 0.05) is 0 Å². The van der Waals surface area contributed by atoms with Gasteiger partial charge in [-0.15, -0.1) is 0 Å². The summed E-state index contributed by atoms with van der Waals surface area (Å²) in [6, 6.07) is 0. The number of hydrogen-bond acceptors (Lipinski definition) is 5. The van der Waals surface area contributed by atoms with E-state index in [1.165, 1.54) is 19.3 Å². The summed E-state index contributed by atoms with van der Waals surface area (Å²) in [5.41, 5.74) is 6.20. The van der Waals surface area contributed by atoms with Gasteiger partial charge in [0.25, 0.3) is 0 Å². The van der Waals surface area contributed by atoms with Crippen LogP contribution in [0.5, 0.6) is 5.88 Å². The first-order valence-electron chi connectivity index (χ1n) is 5.90. The molecule has 0 atom stereocenters. The van der Waals surface area contributed by atoms with Crippen LogP contribution in [0.1, 0.15) is 32.6 Å². The molecule has 17 heavy (non-hydrogen) atoms. The third kappa shape index (κ3) is 2.83. The largest absolute Gasteiger partial charge is 0.477 e. The number of anilines is 1. The first-order valence-corrected chi connectivity index (χ1v) is 5.90. The molecule has 0 saturated carbocycles. The van der Waals surface area contributed by atoms with Crippen molar-refractivity contribution < 1.29 is 4.74 Å².